The first-order valence-electron chi connectivity index (χ1n) is 11.6. The molecule has 37 heavy (non-hydrogen) atoms. The van der Waals surface area contributed by atoms with E-state index in [1.54, 1.807) is 13.1 Å². The summed E-state index contributed by atoms with van der Waals surface area (Å²) in [7, 11) is 1.80. The number of aromatic amines is 1. The van der Waals surface area contributed by atoms with Crippen molar-refractivity contribution in [3.8, 4) is 11.3 Å². The number of fused-ring (bicyclic) bond motifs is 1. The van der Waals surface area contributed by atoms with Crippen molar-refractivity contribution in [2.75, 3.05) is 20.1 Å². The number of benzene rings is 2. The molecular formula is C27H24F4N4O2. The van der Waals surface area contributed by atoms with E-state index in [1.807, 2.05) is 30.9 Å². The van der Waals surface area contributed by atoms with Gasteiger partial charge in [-0.15, -0.1) is 0 Å². The Hall–Kier alpha value is -3.92. The van der Waals surface area contributed by atoms with E-state index >= 15 is 0 Å². The van der Waals surface area contributed by atoms with Gasteiger partial charge in [0.25, 0.3) is 11.5 Å². The maximum Gasteiger partial charge on any atom is 0.419 e. The number of alkyl halides is 3. The van der Waals surface area contributed by atoms with Crippen LogP contribution in [0.2, 0.25) is 0 Å². The molecule has 0 radical (unpaired) electrons. The number of halogens is 4. The first-order valence-corrected chi connectivity index (χ1v) is 11.6. The Morgan fingerprint density at radius 1 is 1.03 bits per heavy atom. The highest BCUT2D eigenvalue weighted by Gasteiger charge is 2.46. The Morgan fingerprint density at radius 2 is 1.70 bits per heavy atom. The Kier molecular flexibility index (Phi) is 5.74. The summed E-state index contributed by atoms with van der Waals surface area (Å²) in [6, 6.07) is 10.9. The van der Waals surface area contributed by atoms with Crippen LogP contribution < -0.4 is 10.9 Å². The predicted octanol–water partition coefficient (Wildman–Crippen LogP) is 4.64. The van der Waals surface area contributed by atoms with Gasteiger partial charge >= 0.3 is 6.18 Å². The molecule has 10 heteroatoms. The van der Waals surface area contributed by atoms with Crippen LogP contribution in [0.15, 0.2) is 59.7 Å². The third kappa shape index (κ3) is 4.31. The Bertz CT molecular complexity index is 1580. The number of rotatable bonds is 4. The molecular weight excluding hydrogens is 488 g/mol. The molecule has 192 valence electrons. The van der Waals surface area contributed by atoms with Crippen molar-refractivity contribution in [2.24, 2.45) is 0 Å². The van der Waals surface area contributed by atoms with Gasteiger partial charge in [-0.1, -0.05) is 24.3 Å². The number of amides is 1. The molecule has 1 fully saturated rings. The molecule has 6 nitrogen and oxygen atoms in total. The van der Waals surface area contributed by atoms with Gasteiger partial charge in [0.2, 0.25) is 0 Å². The summed E-state index contributed by atoms with van der Waals surface area (Å²) in [5, 5.41) is 2.74. The van der Waals surface area contributed by atoms with Gasteiger partial charge in [0, 0.05) is 25.5 Å². The first kappa shape index (κ1) is 24.8. The van der Waals surface area contributed by atoms with E-state index in [0.717, 1.165) is 21.7 Å². The van der Waals surface area contributed by atoms with Gasteiger partial charge in [-0.3, -0.25) is 9.59 Å². The first-order chi connectivity index (χ1) is 17.4. The van der Waals surface area contributed by atoms with Gasteiger partial charge in [-0.05, 0) is 61.3 Å². The lowest BCUT2D eigenvalue weighted by atomic mass is 9.82. The molecule has 3 heterocycles. The summed E-state index contributed by atoms with van der Waals surface area (Å²) in [5.41, 5.74) is -1.07. The van der Waals surface area contributed by atoms with Crippen LogP contribution >= 0.6 is 0 Å². The Balaban J connectivity index is 1.61. The number of carbonyl (C=O) groups excluding carboxylic acids is 1. The highest BCUT2D eigenvalue weighted by atomic mass is 19.4. The molecule has 4 aromatic rings. The molecule has 1 aliphatic heterocycles. The monoisotopic (exact) mass is 512 g/mol. The number of aromatic nitrogens is 2. The molecule has 0 unspecified atom stereocenters. The number of likely N-dealkylation sites (N-methyl/N-ethyl adjacent to an activating group) is 1. The summed E-state index contributed by atoms with van der Waals surface area (Å²) in [6.45, 7) is 4.48. The number of likely N-dealkylation sites (tertiary alicyclic amines) is 1. The summed E-state index contributed by atoms with van der Waals surface area (Å²) < 4.78 is 57.2. The van der Waals surface area contributed by atoms with Crippen molar-refractivity contribution in [3.05, 3.63) is 98.8 Å². The van der Waals surface area contributed by atoms with Crippen LogP contribution in [0, 0.1) is 19.7 Å². The largest absolute Gasteiger partial charge is 0.419 e. The van der Waals surface area contributed by atoms with Crippen molar-refractivity contribution < 1.29 is 22.4 Å². The third-order valence-corrected chi connectivity index (χ3v) is 6.94. The van der Waals surface area contributed by atoms with Crippen LogP contribution in [0.3, 0.4) is 0 Å². The SMILES string of the molecule is Cc1ccc(-c2cn3cc(C(=O)NC4(c5ccc(F)cc5)CN(C)C4)c(C(F)(F)F)c3c(=O)[nH]2)cc1C. The molecule has 2 aromatic heterocycles. The topological polar surface area (TPSA) is 69.6 Å². The molecule has 1 amide bonds. The molecule has 0 aliphatic carbocycles. The molecule has 0 atom stereocenters. The lowest BCUT2D eigenvalue weighted by molar-refractivity contribution is -0.136. The van der Waals surface area contributed by atoms with E-state index in [1.165, 1.54) is 30.5 Å². The average Bonchev–Trinajstić information content (AvgIpc) is 3.21. The lowest BCUT2D eigenvalue weighted by Crippen LogP contribution is -2.66. The molecule has 2 aromatic carbocycles. The summed E-state index contributed by atoms with van der Waals surface area (Å²) in [5.74, 6) is -1.43. The smallest absolute Gasteiger partial charge is 0.340 e. The number of hydrogen-bond donors (Lipinski definition) is 2. The van der Waals surface area contributed by atoms with E-state index in [2.05, 4.69) is 10.3 Å². The quantitative estimate of drug-likeness (QED) is 0.392. The van der Waals surface area contributed by atoms with Gasteiger partial charge < -0.3 is 19.6 Å². The molecule has 5 rings (SSSR count). The van der Waals surface area contributed by atoms with E-state index < -0.39 is 45.6 Å². The second-order valence-electron chi connectivity index (χ2n) is 9.68. The van der Waals surface area contributed by atoms with Crippen molar-refractivity contribution in [1.82, 2.24) is 19.6 Å². The second-order valence-corrected chi connectivity index (χ2v) is 9.68. The summed E-state index contributed by atoms with van der Waals surface area (Å²) in [6.07, 6.45) is -2.55. The highest BCUT2D eigenvalue weighted by molar-refractivity contribution is 5.99. The van der Waals surface area contributed by atoms with Gasteiger partial charge in [0.15, 0.2) is 0 Å². The van der Waals surface area contributed by atoms with Crippen LogP contribution in [-0.2, 0) is 11.7 Å². The van der Waals surface area contributed by atoms with Crippen molar-refractivity contribution >= 4 is 11.4 Å². The van der Waals surface area contributed by atoms with Crippen LogP contribution in [0.25, 0.3) is 16.8 Å². The minimum atomic E-state index is -4.96. The van der Waals surface area contributed by atoms with Crippen molar-refractivity contribution in [2.45, 2.75) is 25.6 Å². The molecule has 0 bridgehead atoms. The number of H-pyrrole nitrogens is 1. The number of carbonyl (C=O) groups is 1. The zero-order valence-corrected chi connectivity index (χ0v) is 20.3. The standard InChI is InChI=1S/C27H24F4N4O2/c1-15-4-5-17(10-16(15)2)21-12-35-11-20(22(27(29,30)31)23(35)25(37)32-21)24(36)33-26(13-34(3)14-26)18-6-8-19(28)9-7-18/h4-12H,13-14H2,1-3H3,(H,32,37)(H,33,36). The zero-order valence-electron chi connectivity index (χ0n) is 20.3. The van der Waals surface area contributed by atoms with Crippen LogP contribution in [0.4, 0.5) is 17.6 Å². The molecule has 0 spiro atoms. The minimum absolute atomic E-state index is 0.319. The molecule has 2 N–H and O–H groups in total. The van der Waals surface area contributed by atoms with Crippen molar-refractivity contribution in [1.29, 1.82) is 0 Å². The maximum absolute atomic E-state index is 14.2. The normalized spacial score (nSPS) is 15.5. The highest BCUT2D eigenvalue weighted by Crippen LogP contribution is 2.37. The fraction of sp³-hybridized carbons (Fsp3) is 0.259. The van der Waals surface area contributed by atoms with E-state index in [9.17, 15) is 27.2 Å². The van der Waals surface area contributed by atoms with Crippen molar-refractivity contribution in [3.63, 3.8) is 0 Å². The number of nitrogens with one attached hydrogen (secondary N) is 2. The lowest BCUT2D eigenvalue weighted by Gasteiger charge is -2.49. The van der Waals surface area contributed by atoms with Crippen LogP contribution in [0.5, 0.6) is 0 Å². The van der Waals surface area contributed by atoms with E-state index in [0.29, 0.717) is 29.9 Å². The third-order valence-electron chi connectivity index (χ3n) is 6.94. The maximum atomic E-state index is 14.2. The zero-order chi connectivity index (χ0) is 26.7. The number of aryl methyl sites for hydroxylation is 2. The fourth-order valence-corrected chi connectivity index (χ4v) is 4.99. The summed E-state index contributed by atoms with van der Waals surface area (Å²) >= 11 is 0. The van der Waals surface area contributed by atoms with Crippen LogP contribution in [0.1, 0.15) is 32.6 Å². The minimum Gasteiger partial charge on any atom is -0.340 e. The van der Waals surface area contributed by atoms with E-state index in [4.69, 9.17) is 0 Å². The second kappa shape index (κ2) is 8.58. The summed E-state index contributed by atoms with van der Waals surface area (Å²) in [4.78, 5) is 30.7. The molecule has 1 aliphatic rings. The van der Waals surface area contributed by atoms with Gasteiger partial charge in [0.05, 0.1) is 22.4 Å². The molecule has 1 saturated heterocycles. The average molecular weight is 513 g/mol. The Morgan fingerprint density at radius 3 is 2.30 bits per heavy atom. The molecule has 0 saturated carbocycles. The van der Waals surface area contributed by atoms with E-state index in [-0.39, 0.29) is 0 Å². The van der Waals surface area contributed by atoms with Gasteiger partial charge in [-0.25, -0.2) is 4.39 Å². The predicted molar refractivity (Wildman–Crippen MR) is 131 cm³/mol. The number of nitrogens with zero attached hydrogens (tertiary/aromatic N) is 2. The fourth-order valence-electron chi connectivity index (χ4n) is 4.99. The van der Waals surface area contributed by atoms with Gasteiger partial charge in [0.1, 0.15) is 11.3 Å². The van der Waals surface area contributed by atoms with Gasteiger partial charge in [-0.2, -0.15) is 13.2 Å². The Labute approximate surface area is 209 Å². The van der Waals surface area contributed by atoms with Crippen LogP contribution in [-0.4, -0.2) is 40.3 Å². The number of hydrogen-bond acceptors (Lipinski definition) is 3.